The van der Waals surface area contributed by atoms with Crippen LogP contribution in [0.5, 0.6) is 0 Å². The monoisotopic (exact) mass is 203 g/mol. The van der Waals surface area contributed by atoms with Crippen LogP contribution in [-0.2, 0) is 0 Å². The van der Waals surface area contributed by atoms with Crippen LogP contribution in [0.25, 0.3) is 0 Å². The molecule has 5 N–H and O–H groups in total. The van der Waals surface area contributed by atoms with E-state index in [2.05, 4.69) is 5.32 Å². The third-order valence-electron chi connectivity index (χ3n) is 2.12. The molecule has 0 heterocycles. The molecule has 80 valence electrons. The Balaban J connectivity index is 2.76. The molecule has 13 heavy (non-hydrogen) atoms. The van der Waals surface area contributed by atoms with Gasteiger partial charge in [0.25, 0.3) is 0 Å². The first-order valence-corrected chi connectivity index (χ1v) is 7.34. The van der Waals surface area contributed by atoms with Crippen molar-refractivity contribution in [3.63, 3.8) is 0 Å². The van der Waals surface area contributed by atoms with Gasteiger partial charge in [-0.1, -0.05) is 12.8 Å². The second-order valence-corrected chi connectivity index (χ2v) is 4.73. The summed E-state index contributed by atoms with van der Waals surface area (Å²) in [6, 6.07) is 1.28. The van der Waals surface area contributed by atoms with E-state index in [0.717, 1.165) is 19.6 Å². The molecule has 0 radical (unpaired) electrons. The summed E-state index contributed by atoms with van der Waals surface area (Å²) in [5.74, 6) is 0. The van der Waals surface area contributed by atoms with Crippen LogP contribution < -0.4 is 16.4 Å². The van der Waals surface area contributed by atoms with Gasteiger partial charge in [-0.05, 0) is 44.9 Å². The van der Waals surface area contributed by atoms with Crippen molar-refractivity contribution in [2.45, 2.75) is 38.1 Å². The summed E-state index contributed by atoms with van der Waals surface area (Å²) in [4.78, 5) is 0. The smallest absolute Gasteiger partial charge is 0.0888 e. The lowest BCUT2D eigenvalue weighted by atomic mass is 10.2. The average Bonchev–Trinajstić information content (AvgIpc) is 2.16. The molecular formula is C9H25N3Si. The summed E-state index contributed by atoms with van der Waals surface area (Å²) in [5, 5.41) is 8.96. The zero-order chi connectivity index (χ0) is 9.78. The van der Waals surface area contributed by atoms with E-state index >= 15 is 0 Å². The van der Waals surface area contributed by atoms with Crippen molar-refractivity contribution >= 4 is 9.68 Å². The first-order valence-electron chi connectivity index (χ1n) is 5.52. The van der Waals surface area contributed by atoms with Gasteiger partial charge in [-0.2, -0.15) is 0 Å². The fraction of sp³-hybridized carbons (Fsp3) is 1.00. The van der Waals surface area contributed by atoms with Crippen molar-refractivity contribution in [3.8, 4) is 0 Å². The Kier molecular flexibility index (Phi) is 12.2. The minimum Gasteiger partial charge on any atom is -0.356 e. The fourth-order valence-corrected chi connectivity index (χ4v) is 1.81. The summed E-state index contributed by atoms with van der Waals surface area (Å²) in [6.07, 6.45) is 6.34. The molecule has 0 aliphatic rings. The van der Waals surface area contributed by atoms with Crippen LogP contribution in [0, 0.1) is 0 Å². The summed E-state index contributed by atoms with van der Waals surface area (Å²) in [5.41, 5.74) is 5.40. The lowest BCUT2D eigenvalue weighted by molar-refractivity contribution is 0.587. The second kappa shape index (κ2) is 12.1. The van der Waals surface area contributed by atoms with Crippen LogP contribution in [0.2, 0.25) is 6.04 Å². The molecule has 0 amide bonds. The van der Waals surface area contributed by atoms with Crippen molar-refractivity contribution in [2.24, 2.45) is 11.1 Å². The maximum atomic E-state index is 5.52. The molecule has 0 aromatic rings. The Morgan fingerprint density at radius 2 is 1.62 bits per heavy atom. The van der Waals surface area contributed by atoms with E-state index in [1.54, 1.807) is 0 Å². The van der Waals surface area contributed by atoms with Gasteiger partial charge in [-0.3, -0.25) is 0 Å². The molecule has 0 aliphatic heterocycles. The quantitative estimate of drug-likeness (QED) is 0.344. The van der Waals surface area contributed by atoms with E-state index in [1.807, 2.05) is 0 Å². The predicted molar refractivity (Wildman–Crippen MR) is 62.5 cm³/mol. The minimum atomic E-state index is -0.191. The summed E-state index contributed by atoms with van der Waals surface area (Å²) < 4.78 is 0. The van der Waals surface area contributed by atoms with Crippen LogP contribution in [0.4, 0.5) is 0 Å². The lowest BCUT2D eigenvalue weighted by Crippen LogP contribution is -2.18. The van der Waals surface area contributed by atoms with Gasteiger partial charge in [0.15, 0.2) is 0 Å². The van der Waals surface area contributed by atoms with Crippen molar-refractivity contribution in [1.82, 2.24) is 5.32 Å². The molecule has 0 spiro atoms. The van der Waals surface area contributed by atoms with E-state index in [0.29, 0.717) is 0 Å². The Bertz CT molecular complexity index is 80.9. The van der Waals surface area contributed by atoms with Crippen LogP contribution >= 0.6 is 0 Å². The SMILES string of the molecule is NCCCCCCNCCC[SiH2]N. The lowest BCUT2D eigenvalue weighted by Gasteiger charge is -2.03. The maximum Gasteiger partial charge on any atom is 0.0888 e. The van der Waals surface area contributed by atoms with Gasteiger partial charge < -0.3 is 16.4 Å². The minimum absolute atomic E-state index is 0.191. The van der Waals surface area contributed by atoms with Crippen molar-refractivity contribution < 1.29 is 0 Å². The van der Waals surface area contributed by atoms with Crippen molar-refractivity contribution in [3.05, 3.63) is 0 Å². The number of nitrogens with two attached hydrogens (primary N) is 2. The van der Waals surface area contributed by atoms with Crippen LogP contribution in [0.1, 0.15) is 32.1 Å². The highest BCUT2D eigenvalue weighted by atomic mass is 28.2. The Labute approximate surface area is 84.5 Å². The topological polar surface area (TPSA) is 64.1 Å². The number of hydrogen-bond donors (Lipinski definition) is 3. The number of unbranched alkanes of at least 4 members (excludes halogenated alkanes) is 3. The fourth-order valence-electron chi connectivity index (χ4n) is 1.27. The molecule has 0 aliphatic carbocycles. The van der Waals surface area contributed by atoms with Gasteiger partial charge in [-0.25, -0.2) is 0 Å². The maximum absolute atomic E-state index is 5.52. The molecule has 3 nitrogen and oxygen atoms in total. The van der Waals surface area contributed by atoms with E-state index in [9.17, 15) is 0 Å². The first kappa shape index (κ1) is 13.1. The molecule has 0 saturated heterocycles. The van der Waals surface area contributed by atoms with E-state index < -0.39 is 0 Å². The van der Waals surface area contributed by atoms with Gasteiger partial charge in [0, 0.05) is 0 Å². The molecule has 0 atom stereocenters. The molecule has 0 aromatic carbocycles. The number of rotatable bonds is 10. The molecule has 4 heteroatoms. The van der Waals surface area contributed by atoms with Crippen LogP contribution in [-0.4, -0.2) is 29.3 Å². The van der Waals surface area contributed by atoms with E-state index in [1.165, 1.54) is 38.1 Å². The molecule has 0 bridgehead atoms. The summed E-state index contributed by atoms with van der Waals surface area (Å²) >= 11 is 0. The third kappa shape index (κ3) is 12.1. The summed E-state index contributed by atoms with van der Waals surface area (Å²) in [7, 11) is -0.191. The third-order valence-corrected chi connectivity index (χ3v) is 3.02. The normalized spacial score (nSPS) is 11.5. The summed E-state index contributed by atoms with van der Waals surface area (Å²) in [6.45, 7) is 3.16. The second-order valence-electron chi connectivity index (χ2n) is 3.45. The zero-order valence-corrected chi connectivity index (χ0v) is 10.1. The number of nitrogens with one attached hydrogen (secondary N) is 1. The Morgan fingerprint density at radius 3 is 2.31 bits per heavy atom. The van der Waals surface area contributed by atoms with Gasteiger partial charge in [-0.15, -0.1) is 0 Å². The largest absolute Gasteiger partial charge is 0.356 e. The predicted octanol–water partition coefficient (Wildman–Crippen LogP) is -0.0540. The molecule has 0 rings (SSSR count). The highest BCUT2D eigenvalue weighted by molar-refractivity contribution is 6.30. The number of hydrogen-bond acceptors (Lipinski definition) is 3. The van der Waals surface area contributed by atoms with Crippen LogP contribution in [0.15, 0.2) is 0 Å². The van der Waals surface area contributed by atoms with Gasteiger partial charge >= 0.3 is 0 Å². The first-order chi connectivity index (χ1) is 6.41. The highest BCUT2D eigenvalue weighted by Gasteiger charge is 1.89. The van der Waals surface area contributed by atoms with Gasteiger partial charge in [0.05, 0.1) is 9.68 Å². The Morgan fingerprint density at radius 1 is 0.923 bits per heavy atom. The van der Waals surface area contributed by atoms with E-state index in [4.69, 9.17) is 11.1 Å². The zero-order valence-electron chi connectivity index (χ0n) is 8.73. The molecule has 0 aromatic heterocycles. The van der Waals surface area contributed by atoms with E-state index in [-0.39, 0.29) is 9.68 Å². The molecule has 0 unspecified atom stereocenters. The standard InChI is InChI=1S/C9H25N3Si/c10-6-3-1-2-4-7-12-8-5-9-13-11/h12H,1-11,13H2. The molecule has 0 fully saturated rings. The molecule has 0 saturated carbocycles. The molecular weight excluding hydrogens is 178 g/mol. The van der Waals surface area contributed by atoms with Gasteiger partial charge in [0.2, 0.25) is 0 Å². The van der Waals surface area contributed by atoms with Crippen molar-refractivity contribution in [2.75, 3.05) is 19.6 Å². The Hall–Kier alpha value is 0.0969. The van der Waals surface area contributed by atoms with Crippen LogP contribution in [0.3, 0.4) is 0 Å². The average molecular weight is 203 g/mol. The highest BCUT2D eigenvalue weighted by Crippen LogP contribution is 1.96. The van der Waals surface area contributed by atoms with Crippen molar-refractivity contribution in [1.29, 1.82) is 0 Å². The van der Waals surface area contributed by atoms with Gasteiger partial charge in [0.1, 0.15) is 0 Å².